The number of hydrogen-bond donors (Lipinski definition) is 1. The van der Waals surface area contributed by atoms with Crippen LogP contribution in [-0.2, 0) is 0 Å². The monoisotopic (exact) mass is 311 g/mol. The van der Waals surface area contributed by atoms with Gasteiger partial charge in [-0.1, -0.05) is 30.3 Å². The maximum Gasteiger partial charge on any atom is 0.140 e. The first-order valence-electron chi connectivity index (χ1n) is 7.40. The van der Waals surface area contributed by atoms with E-state index in [1.165, 1.54) is 10.4 Å². The summed E-state index contributed by atoms with van der Waals surface area (Å²) in [7, 11) is 0. The minimum atomic E-state index is -0.629. The first-order chi connectivity index (χ1) is 10.6. The van der Waals surface area contributed by atoms with E-state index in [4.69, 9.17) is 0 Å². The van der Waals surface area contributed by atoms with E-state index in [-0.39, 0.29) is 0 Å². The van der Waals surface area contributed by atoms with Crippen LogP contribution in [0.15, 0.2) is 42.7 Å². The van der Waals surface area contributed by atoms with E-state index in [0.717, 1.165) is 29.0 Å². The lowest BCUT2D eigenvalue weighted by Gasteiger charge is -2.20. The molecule has 1 aromatic carbocycles. The van der Waals surface area contributed by atoms with Gasteiger partial charge in [0.25, 0.3) is 0 Å². The lowest BCUT2D eigenvalue weighted by Crippen LogP contribution is -2.30. The summed E-state index contributed by atoms with van der Waals surface area (Å²) in [5.74, 6) is 0.932. The van der Waals surface area contributed by atoms with Crippen LogP contribution in [0.5, 0.6) is 0 Å². The van der Waals surface area contributed by atoms with Crippen LogP contribution in [0.3, 0.4) is 0 Å². The van der Waals surface area contributed by atoms with E-state index < -0.39 is 5.60 Å². The second-order valence-electron chi connectivity index (χ2n) is 6.06. The number of rotatable bonds is 2. The lowest BCUT2D eigenvalue weighted by atomic mass is 10.1. The number of thiophene rings is 1. The Morgan fingerprint density at radius 2 is 2.05 bits per heavy atom. The highest BCUT2D eigenvalue weighted by atomic mass is 32.1. The molecule has 2 aromatic heterocycles. The first-order valence-corrected chi connectivity index (χ1v) is 8.21. The number of hydrogen-bond acceptors (Lipinski definition) is 5. The fraction of sp³-hybridized carbons (Fsp3) is 0.294. The van der Waals surface area contributed by atoms with Gasteiger partial charge in [-0.2, -0.15) is 0 Å². The zero-order valence-electron chi connectivity index (χ0n) is 12.4. The Morgan fingerprint density at radius 1 is 1.23 bits per heavy atom. The molecule has 22 heavy (non-hydrogen) atoms. The molecule has 0 spiro atoms. The van der Waals surface area contributed by atoms with E-state index >= 15 is 0 Å². The molecule has 5 heteroatoms. The molecule has 0 radical (unpaired) electrons. The maximum absolute atomic E-state index is 10.2. The lowest BCUT2D eigenvalue weighted by molar-refractivity contribution is 0.0839. The van der Waals surface area contributed by atoms with Gasteiger partial charge in [-0.05, 0) is 25.0 Å². The third-order valence-electron chi connectivity index (χ3n) is 4.12. The van der Waals surface area contributed by atoms with Crippen molar-refractivity contribution in [1.82, 2.24) is 9.97 Å². The number of aromatic nitrogens is 2. The summed E-state index contributed by atoms with van der Waals surface area (Å²) in [6, 6.07) is 12.5. The smallest absolute Gasteiger partial charge is 0.140 e. The first kappa shape index (κ1) is 13.7. The Hall–Kier alpha value is -1.98. The fourth-order valence-electron chi connectivity index (χ4n) is 2.97. The molecule has 0 bridgehead atoms. The Kier molecular flexibility index (Phi) is 3.13. The van der Waals surface area contributed by atoms with E-state index in [1.807, 2.05) is 25.1 Å². The van der Waals surface area contributed by atoms with E-state index in [0.29, 0.717) is 6.54 Å². The zero-order valence-corrected chi connectivity index (χ0v) is 13.2. The normalized spacial score (nSPS) is 21.6. The molecule has 1 unspecified atom stereocenters. The summed E-state index contributed by atoms with van der Waals surface area (Å²) in [6.45, 7) is 3.33. The summed E-state index contributed by atoms with van der Waals surface area (Å²) in [4.78, 5) is 13.2. The van der Waals surface area contributed by atoms with Gasteiger partial charge in [0.05, 0.1) is 11.0 Å². The third-order valence-corrected chi connectivity index (χ3v) is 5.21. The molecule has 1 aliphatic heterocycles. The van der Waals surface area contributed by atoms with Crippen molar-refractivity contribution in [2.24, 2.45) is 0 Å². The SMILES string of the molecule is CC1(O)CCN(c2ncnc3sc(-c4ccccc4)cc23)C1. The Balaban J connectivity index is 1.79. The van der Waals surface area contributed by atoms with Crippen molar-refractivity contribution in [2.75, 3.05) is 18.0 Å². The molecular weight excluding hydrogens is 294 g/mol. The van der Waals surface area contributed by atoms with Crippen LogP contribution in [0.4, 0.5) is 5.82 Å². The predicted molar refractivity (Wildman–Crippen MR) is 90.3 cm³/mol. The second-order valence-corrected chi connectivity index (χ2v) is 7.09. The predicted octanol–water partition coefficient (Wildman–Crippen LogP) is 3.32. The molecule has 0 amide bonds. The van der Waals surface area contributed by atoms with E-state index in [1.54, 1.807) is 17.7 Å². The number of nitrogens with zero attached hydrogens (tertiary/aromatic N) is 3. The third kappa shape index (κ3) is 2.36. The minimum Gasteiger partial charge on any atom is -0.388 e. The highest BCUT2D eigenvalue weighted by Crippen LogP contribution is 2.37. The molecule has 0 aliphatic carbocycles. The van der Waals surface area contributed by atoms with Gasteiger partial charge in [-0.15, -0.1) is 11.3 Å². The number of benzene rings is 1. The van der Waals surface area contributed by atoms with Gasteiger partial charge in [-0.3, -0.25) is 0 Å². The Labute approximate surface area is 133 Å². The largest absolute Gasteiger partial charge is 0.388 e. The summed E-state index contributed by atoms with van der Waals surface area (Å²) in [5.41, 5.74) is 0.570. The quantitative estimate of drug-likeness (QED) is 0.789. The van der Waals surface area contributed by atoms with Gasteiger partial charge < -0.3 is 10.0 Å². The van der Waals surface area contributed by atoms with Crippen LogP contribution in [0.25, 0.3) is 20.7 Å². The van der Waals surface area contributed by atoms with Crippen molar-refractivity contribution < 1.29 is 5.11 Å². The van der Waals surface area contributed by atoms with Crippen molar-refractivity contribution in [3.8, 4) is 10.4 Å². The molecule has 4 nitrogen and oxygen atoms in total. The molecule has 1 fully saturated rings. The average molecular weight is 311 g/mol. The van der Waals surface area contributed by atoms with Crippen molar-refractivity contribution in [3.05, 3.63) is 42.7 Å². The van der Waals surface area contributed by atoms with Crippen molar-refractivity contribution >= 4 is 27.4 Å². The summed E-state index contributed by atoms with van der Waals surface area (Å²) in [5, 5.41) is 11.3. The molecule has 112 valence electrons. The van der Waals surface area contributed by atoms with Crippen LogP contribution in [-0.4, -0.2) is 33.8 Å². The number of fused-ring (bicyclic) bond motifs is 1. The minimum absolute atomic E-state index is 0.621. The van der Waals surface area contributed by atoms with Gasteiger partial charge in [0.2, 0.25) is 0 Å². The molecule has 3 heterocycles. The molecule has 0 saturated carbocycles. The Morgan fingerprint density at radius 3 is 2.77 bits per heavy atom. The van der Waals surface area contributed by atoms with Gasteiger partial charge in [0.15, 0.2) is 0 Å². The second kappa shape index (κ2) is 5.04. The average Bonchev–Trinajstić information content (AvgIpc) is 3.11. The highest BCUT2D eigenvalue weighted by molar-refractivity contribution is 7.21. The molecule has 3 aromatic rings. The van der Waals surface area contributed by atoms with E-state index in [2.05, 4.69) is 33.1 Å². The van der Waals surface area contributed by atoms with Crippen LogP contribution in [0, 0.1) is 0 Å². The molecule has 1 atom stereocenters. The molecule has 1 N–H and O–H groups in total. The van der Waals surface area contributed by atoms with Crippen molar-refractivity contribution in [1.29, 1.82) is 0 Å². The molecular formula is C17H17N3OS. The van der Waals surface area contributed by atoms with Crippen molar-refractivity contribution in [2.45, 2.75) is 18.9 Å². The van der Waals surface area contributed by atoms with E-state index in [9.17, 15) is 5.11 Å². The summed E-state index contributed by atoms with van der Waals surface area (Å²) >= 11 is 1.68. The topological polar surface area (TPSA) is 49.2 Å². The summed E-state index contributed by atoms with van der Waals surface area (Å²) in [6.07, 6.45) is 2.39. The van der Waals surface area contributed by atoms with Crippen LogP contribution in [0.2, 0.25) is 0 Å². The molecule has 4 rings (SSSR count). The standard InChI is InChI=1S/C17H17N3OS/c1-17(21)7-8-20(10-17)15-13-9-14(12-5-3-2-4-6-12)22-16(13)19-11-18-15/h2-6,9,11,21H,7-8,10H2,1H3. The van der Waals surface area contributed by atoms with Crippen LogP contribution < -0.4 is 4.90 Å². The van der Waals surface area contributed by atoms with Gasteiger partial charge >= 0.3 is 0 Å². The maximum atomic E-state index is 10.2. The van der Waals surface area contributed by atoms with Gasteiger partial charge in [-0.25, -0.2) is 9.97 Å². The van der Waals surface area contributed by atoms with Gasteiger partial charge in [0, 0.05) is 18.0 Å². The summed E-state index contributed by atoms with van der Waals surface area (Å²) < 4.78 is 0. The van der Waals surface area contributed by atoms with Crippen LogP contribution in [0.1, 0.15) is 13.3 Å². The number of aliphatic hydroxyl groups is 1. The Bertz CT molecular complexity index is 813. The zero-order chi connectivity index (χ0) is 15.2. The number of β-amino-alcohol motifs (C(OH)–C–C–N with tert-alkyl or cyclic N) is 1. The molecule has 1 aliphatic rings. The highest BCUT2D eigenvalue weighted by Gasteiger charge is 2.33. The van der Waals surface area contributed by atoms with Crippen molar-refractivity contribution in [3.63, 3.8) is 0 Å². The van der Waals surface area contributed by atoms with Gasteiger partial charge in [0.1, 0.15) is 17.0 Å². The molecule has 1 saturated heterocycles. The van der Waals surface area contributed by atoms with Crippen LogP contribution >= 0.6 is 11.3 Å². The fourth-order valence-corrected chi connectivity index (χ4v) is 3.96. The number of anilines is 1.